The van der Waals surface area contributed by atoms with Crippen LogP contribution in [0.4, 0.5) is 5.69 Å². The minimum Gasteiger partial charge on any atom is -0.494 e. The van der Waals surface area contributed by atoms with Gasteiger partial charge in [-0.15, -0.1) is 0 Å². The summed E-state index contributed by atoms with van der Waals surface area (Å²) >= 11 is 0. The van der Waals surface area contributed by atoms with Gasteiger partial charge in [-0.25, -0.2) is 0 Å². The van der Waals surface area contributed by atoms with Crippen LogP contribution in [0.1, 0.15) is 17.5 Å². The molecule has 0 radical (unpaired) electrons. The molecular formula is C29H33N3O4. The highest BCUT2D eigenvalue weighted by Crippen LogP contribution is 2.24. The number of anilines is 1. The number of likely N-dealkylation sites (N-methyl/N-ethyl adjacent to an activating group) is 1. The van der Waals surface area contributed by atoms with E-state index in [1.807, 2.05) is 84.9 Å². The van der Waals surface area contributed by atoms with Crippen LogP contribution in [0.2, 0.25) is 0 Å². The number of piperazine rings is 1. The maximum Gasteiger partial charge on any atom is 0.247 e. The highest BCUT2D eigenvalue weighted by atomic mass is 16.5. The van der Waals surface area contributed by atoms with Gasteiger partial charge in [-0.2, -0.15) is 0 Å². The molecule has 0 aliphatic carbocycles. The first-order valence-corrected chi connectivity index (χ1v) is 12.3. The molecule has 0 aromatic heterocycles. The Kier molecular flexibility index (Phi) is 9.08. The van der Waals surface area contributed by atoms with Gasteiger partial charge >= 0.3 is 0 Å². The Labute approximate surface area is 212 Å². The van der Waals surface area contributed by atoms with Gasteiger partial charge in [0.25, 0.3) is 0 Å². The normalized spacial score (nSPS) is 15.5. The topological polar surface area (TPSA) is 71.1 Å². The van der Waals surface area contributed by atoms with Gasteiger partial charge in [-0.3, -0.25) is 14.5 Å². The third-order valence-corrected chi connectivity index (χ3v) is 6.05. The summed E-state index contributed by atoms with van der Waals surface area (Å²) in [6, 6.07) is 26.6. The van der Waals surface area contributed by atoms with Crippen molar-refractivity contribution < 1.29 is 19.1 Å². The third-order valence-electron chi connectivity index (χ3n) is 6.05. The zero-order chi connectivity index (χ0) is 25.2. The largest absolute Gasteiger partial charge is 0.494 e. The first-order chi connectivity index (χ1) is 17.6. The molecule has 3 aromatic carbocycles. The molecule has 1 saturated heterocycles. The van der Waals surface area contributed by atoms with Crippen LogP contribution in [0.25, 0.3) is 0 Å². The van der Waals surface area contributed by atoms with Crippen molar-refractivity contribution in [2.24, 2.45) is 0 Å². The van der Waals surface area contributed by atoms with E-state index >= 15 is 0 Å². The minimum atomic E-state index is -0.603. The molecule has 188 valence electrons. The van der Waals surface area contributed by atoms with Crippen LogP contribution in [0.15, 0.2) is 84.9 Å². The molecule has 1 heterocycles. The number of hydrogen-bond donors (Lipinski definition) is 1. The lowest BCUT2D eigenvalue weighted by Crippen LogP contribution is -2.60. The van der Waals surface area contributed by atoms with Crippen LogP contribution in [0.3, 0.4) is 0 Å². The van der Waals surface area contributed by atoms with E-state index in [0.717, 1.165) is 17.5 Å². The summed E-state index contributed by atoms with van der Waals surface area (Å²) in [7, 11) is 1.77. The molecule has 0 spiro atoms. The molecule has 7 nitrogen and oxygen atoms in total. The predicted molar refractivity (Wildman–Crippen MR) is 140 cm³/mol. The van der Waals surface area contributed by atoms with Crippen molar-refractivity contribution in [3.8, 4) is 5.75 Å². The SMILES string of the molecule is CN(Cc1ccccc1)C(=O)[C@H]1CNCC(=O)N1c1ccc(OCCCOCc2ccccc2)cc1. The number of ether oxygens (including phenoxy) is 2. The lowest BCUT2D eigenvalue weighted by Gasteiger charge is -2.37. The van der Waals surface area contributed by atoms with E-state index in [1.165, 1.54) is 0 Å². The Bertz CT molecular complexity index is 1110. The molecule has 0 saturated carbocycles. The molecule has 0 bridgehead atoms. The highest BCUT2D eigenvalue weighted by Gasteiger charge is 2.35. The smallest absolute Gasteiger partial charge is 0.247 e. The average molecular weight is 488 g/mol. The van der Waals surface area contributed by atoms with E-state index in [-0.39, 0.29) is 18.4 Å². The lowest BCUT2D eigenvalue weighted by atomic mass is 10.1. The molecule has 0 unspecified atom stereocenters. The molecule has 1 atom stereocenters. The molecule has 36 heavy (non-hydrogen) atoms. The first kappa shape index (κ1) is 25.4. The minimum absolute atomic E-state index is 0.102. The Balaban J connectivity index is 1.29. The fourth-order valence-corrected chi connectivity index (χ4v) is 4.20. The number of benzene rings is 3. The summed E-state index contributed by atoms with van der Waals surface area (Å²) in [5.74, 6) is 0.487. The second-order valence-corrected chi connectivity index (χ2v) is 8.82. The zero-order valence-electron chi connectivity index (χ0n) is 20.6. The fourth-order valence-electron chi connectivity index (χ4n) is 4.20. The third kappa shape index (κ3) is 6.93. The number of nitrogens with zero attached hydrogens (tertiary/aromatic N) is 2. The fraction of sp³-hybridized carbons (Fsp3) is 0.310. The van der Waals surface area contributed by atoms with Gasteiger partial charge < -0.3 is 19.7 Å². The highest BCUT2D eigenvalue weighted by molar-refractivity contribution is 6.02. The quantitative estimate of drug-likeness (QED) is 0.418. The van der Waals surface area contributed by atoms with E-state index < -0.39 is 6.04 Å². The van der Waals surface area contributed by atoms with Crippen LogP contribution in [0, 0.1) is 0 Å². The lowest BCUT2D eigenvalue weighted by molar-refractivity contribution is -0.134. The Morgan fingerprint density at radius 3 is 2.31 bits per heavy atom. The van der Waals surface area contributed by atoms with E-state index in [4.69, 9.17) is 9.47 Å². The first-order valence-electron chi connectivity index (χ1n) is 12.3. The molecular weight excluding hydrogens is 454 g/mol. The Morgan fingerprint density at radius 2 is 1.61 bits per heavy atom. The standard InChI is InChI=1S/C29H33N3O4/c1-31(21-23-9-4-2-5-10-23)29(34)27-19-30-20-28(33)32(27)25-13-15-26(16-14-25)36-18-8-17-35-22-24-11-6-3-7-12-24/h2-7,9-16,27,30H,8,17-22H2,1H3/t27-/m1/s1. The molecule has 2 amide bonds. The summed E-state index contributed by atoms with van der Waals surface area (Å²) in [4.78, 5) is 29.3. The van der Waals surface area contributed by atoms with Crippen molar-refractivity contribution in [2.75, 3.05) is 38.3 Å². The molecule has 4 rings (SSSR count). The monoisotopic (exact) mass is 487 g/mol. The average Bonchev–Trinajstić information content (AvgIpc) is 2.91. The Morgan fingerprint density at radius 1 is 0.944 bits per heavy atom. The van der Waals surface area contributed by atoms with Crippen molar-refractivity contribution in [2.45, 2.75) is 25.6 Å². The summed E-state index contributed by atoms with van der Waals surface area (Å²) in [5.41, 5.74) is 2.88. The van der Waals surface area contributed by atoms with Gasteiger partial charge in [-0.1, -0.05) is 60.7 Å². The van der Waals surface area contributed by atoms with Crippen molar-refractivity contribution in [1.82, 2.24) is 10.2 Å². The molecule has 3 aromatic rings. The number of rotatable bonds is 11. The van der Waals surface area contributed by atoms with Crippen molar-refractivity contribution in [3.05, 3.63) is 96.1 Å². The van der Waals surface area contributed by atoms with Gasteiger partial charge in [-0.05, 0) is 35.4 Å². The molecule has 1 fully saturated rings. The van der Waals surface area contributed by atoms with Crippen LogP contribution < -0.4 is 15.0 Å². The van der Waals surface area contributed by atoms with Crippen LogP contribution >= 0.6 is 0 Å². The van der Waals surface area contributed by atoms with Crippen molar-refractivity contribution >= 4 is 17.5 Å². The van der Waals surface area contributed by atoms with E-state index in [1.54, 1.807) is 16.8 Å². The van der Waals surface area contributed by atoms with Crippen molar-refractivity contribution in [1.29, 1.82) is 0 Å². The van der Waals surface area contributed by atoms with Crippen LogP contribution in [-0.4, -0.2) is 56.1 Å². The summed E-state index contributed by atoms with van der Waals surface area (Å²) < 4.78 is 11.5. The molecule has 1 aliphatic heterocycles. The predicted octanol–water partition coefficient (Wildman–Crippen LogP) is 3.64. The van der Waals surface area contributed by atoms with E-state index in [9.17, 15) is 9.59 Å². The molecule has 1 aliphatic rings. The van der Waals surface area contributed by atoms with Gasteiger partial charge in [0.1, 0.15) is 11.8 Å². The van der Waals surface area contributed by atoms with Crippen LogP contribution in [0.5, 0.6) is 5.75 Å². The number of carbonyl (C=O) groups excluding carboxylic acids is 2. The van der Waals surface area contributed by atoms with Gasteiger partial charge in [0.15, 0.2) is 0 Å². The second-order valence-electron chi connectivity index (χ2n) is 8.82. The van der Waals surface area contributed by atoms with E-state index in [2.05, 4.69) is 5.32 Å². The summed E-state index contributed by atoms with van der Waals surface area (Å²) in [5, 5.41) is 3.08. The van der Waals surface area contributed by atoms with Crippen LogP contribution in [-0.2, 0) is 27.5 Å². The van der Waals surface area contributed by atoms with Gasteiger partial charge in [0.05, 0.1) is 26.4 Å². The van der Waals surface area contributed by atoms with Gasteiger partial charge in [0.2, 0.25) is 11.8 Å². The van der Waals surface area contributed by atoms with Gasteiger partial charge in [0, 0.05) is 32.2 Å². The number of hydrogen-bond acceptors (Lipinski definition) is 5. The number of nitrogens with one attached hydrogen (secondary N) is 1. The summed E-state index contributed by atoms with van der Waals surface area (Å²) in [6.45, 7) is 2.84. The Hall–Kier alpha value is -3.68. The zero-order valence-corrected chi connectivity index (χ0v) is 20.6. The van der Waals surface area contributed by atoms with E-state index in [0.29, 0.717) is 44.3 Å². The second kappa shape index (κ2) is 12.9. The maximum atomic E-state index is 13.3. The number of amides is 2. The maximum absolute atomic E-state index is 13.3. The van der Waals surface area contributed by atoms with Crippen molar-refractivity contribution in [3.63, 3.8) is 0 Å². The number of carbonyl (C=O) groups is 2. The summed E-state index contributed by atoms with van der Waals surface area (Å²) in [6.07, 6.45) is 0.773. The molecule has 1 N–H and O–H groups in total. The molecule has 7 heteroatoms.